The van der Waals surface area contributed by atoms with E-state index >= 15 is 0 Å². The predicted molar refractivity (Wildman–Crippen MR) is 51.4 cm³/mol. The zero-order valence-electron chi connectivity index (χ0n) is 6.89. The number of hydrogen-bond donors (Lipinski definition) is 0. The summed E-state index contributed by atoms with van der Waals surface area (Å²) >= 11 is 11.0. The van der Waals surface area contributed by atoms with Crippen LogP contribution in [0.4, 0.5) is 4.39 Å². The molecule has 0 amide bonds. The fourth-order valence-electron chi connectivity index (χ4n) is 0.945. The zero-order valence-corrected chi connectivity index (χ0v) is 8.40. The summed E-state index contributed by atoms with van der Waals surface area (Å²) in [5.41, 5.74) is -0.255. The minimum atomic E-state index is -0.845. The van der Waals surface area contributed by atoms with Gasteiger partial charge in [-0.25, -0.2) is 4.39 Å². The molecule has 0 bridgehead atoms. The van der Waals surface area contributed by atoms with E-state index in [1.807, 2.05) is 0 Å². The van der Waals surface area contributed by atoms with E-state index in [1.54, 1.807) is 0 Å². The molecule has 0 unspecified atom stereocenters. The molecule has 0 saturated heterocycles. The van der Waals surface area contributed by atoms with Crippen molar-refractivity contribution in [2.24, 2.45) is 0 Å². The number of halogens is 3. The van der Waals surface area contributed by atoms with Gasteiger partial charge in [-0.1, -0.05) is 23.2 Å². The highest BCUT2D eigenvalue weighted by molar-refractivity contribution is 6.35. The van der Waals surface area contributed by atoms with E-state index in [4.69, 9.17) is 23.2 Å². The van der Waals surface area contributed by atoms with Crippen molar-refractivity contribution in [3.05, 3.63) is 33.6 Å². The molecule has 0 fully saturated rings. The summed E-state index contributed by atoms with van der Waals surface area (Å²) in [6, 6.07) is 2.34. The van der Waals surface area contributed by atoms with Gasteiger partial charge in [-0.15, -0.1) is 0 Å². The largest absolute Gasteiger partial charge is 0.303 e. The topological polar surface area (TPSA) is 34.1 Å². The van der Waals surface area contributed by atoms with E-state index in [1.165, 1.54) is 6.07 Å². The Bertz CT molecular complexity index is 391. The van der Waals surface area contributed by atoms with Gasteiger partial charge < -0.3 is 4.79 Å². The van der Waals surface area contributed by atoms with Crippen molar-refractivity contribution in [2.45, 2.75) is 6.42 Å². The molecule has 74 valence electrons. The van der Waals surface area contributed by atoms with Gasteiger partial charge in [-0.3, -0.25) is 4.79 Å². The molecular formula is C9H5Cl2FO2. The number of aldehydes is 1. The van der Waals surface area contributed by atoms with Gasteiger partial charge in [0.05, 0.1) is 17.0 Å². The molecule has 0 heterocycles. The Labute approximate surface area is 89.6 Å². The van der Waals surface area contributed by atoms with Gasteiger partial charge in [0.25, 0.3) is 0 Å². The van der Waals surface area contributed by atoms with Crippen LogP contribution in [0, 0.1) is 5.82 Å². The standard InChI is InChI=1S/C9H5Cl2FO2/c10-5-3-6(8(14)1-2-13)9(12)7(11)4-5/h2-4H,1H2. The molecule has 0 aliphatic heterocycles. The molecule has 0 radical (unpaired) electrons. The smallest absolute Gasteiger partial charge is 0.172 e. The first kappa shape index (κ1) is 11.1. The summed E-state index contributed by atoms with van der Waals surface area (Å²) in [5.74, 6) is -1.48. The first-order chi connectivity index (χ1) is 6.56. The SMILES string of the molecule is O=CCC(=O)c1cc(Cl)cc(Cl)c1F. The Kier molecular flexibility index (Phi) is 3.61. The molecule has 0 aliphatic rings. The van der Waals surface area contributed by atoms with Crippen LogP contribution in [-0.2, 0) is 4.79 Å². The molecule has 0 saturated carbocycles. The molecule has 0 spiro atoms. The van der Waals surface area contributed by atoms with Crippen LogP contribution in [0.3, 0.4) is 0 Å². The fraction of sp³-hybridized carbons (Fsp3) is 0.111. The second-order valence-corrected chi connectivity index (χ2v) is 3.39. The number of carbonyl (C=O) groups excluding carboxylic acids is 2. The average molecular weight is 235 g/mol. The monoisotopic (exact) mass is 234 g/mol. The molecule has 0 atom stereocenters. The maximum absolute atomic E-state index is 13.2. The zero-order chi connectivity index (χ0) is 10.7. The highest BCUT2D eigenvalue weighted by Crippen LogP contribution is 2.24. The van der Waals surface area contributed by atoms with Crippen LogP contribution in [0.5, 0.6) is 0 Å². The van der Waals surface area contributed by atoms with Gasteiger partial charge in [0, 0.05) is 5.02 Å². The van der Waals surface area contributed by atoms with Crippen molar-refractivity contribution < 1.29 is 14.0 Å². The minimum Gasteiger partial charge on any atom is -0.303 e. The van der Waals surface area contributed by atoms with Gasteiger partial charge in [-0.2, -0.15) is 0 Å². The molecule has 2 nitrogen and oxygen atoms in total. The third-order valence-corrected chi connectivity index (χ3v) is 2.06. The number of Topliss-reactive ketones (excluding diaryl/α,β-unsaturated/α-hetero) is 1. The minimum absolute atomic E-state index is 0.158. The predicted octanol–water partition coefficient (Wildman–Crippen LogP) is 2.90. The van der Waals surface area contributed by atoms with Crippen LogP contribution in [0.1, 0.15) is 16.8 Å². The van der Waals surface area contributed by atoms with Crippen LogP contribution in [0.2, 0.25) is 10.0 Å². The lowest BCUT2D eigenvalue weighted by atomic mass is 10.1. The van der Waals surface area contributed by atoms with Crippen molar-refractivity contribution in [3.8, 4) is 0 Å². The average Bonchev–Trinajstić information content (AvgIpc) is 2.11. The maximum Gasteiger partial charge on any atom is 0.172 e. The van der Waals surface area contributed by atoms with E-state index in [2.05, 4.69) is 0 Å². The molecule has 0 aromatic heterocycles. The van der Waals surface area contributed by atoms with Gasteiger partial charge in [0.2, 0.25) is 0 Å². The molecule has 0 N–H and O–H groups in total. The molecule has 14 heavy (non-hydrogen) atoms. The summed E-state index contributed by atoms with van der Waals surface area (Å²) in [5, 5.41) is -0.0719. The van der Waals surface area contributed by atoms with Gasteiger partial charge in [0.15, 0.2) is 11.6 Å². The van der Waals surface area contributed by atoms with Crippen LogP contribution < -0.4 is 0 Å². The summed E-state index contributed by atoms with van der Waals surface area (Å²) < 4.78 is 13.2. The summed E-state index contributed by atoms with van der Waals surface area (Å²) in [7, 11) is 0. The normalized spacial score (nSPS) is 9.93. The van der Waals surface area contributed by atoms with E-state index in [0.29, 0.717) is 6.29 Å². The highest BCUT2D eigenvalue weighted by Gasteiger charge is 2.15. The highest BCUT2D eigenvalue weighted by atomic mass is 35.5. The van der Waals surface area contributed by atoms with E-state index in [-0.39, 0.29) is 22.0 Å². The van der Waals surface area contributed by atoms with Crippen molar-refractivity contribution in [3.63, 3.8) is 0 Å². The van der Waals surface area contributed by atoms with Crippen LogP contribution in [-0.4, -0.2) is 12.1 Å². The van der Waals surface area contributed by atoms with Crippen molar-refractivity contribution in [2.75, 3.05) is 0 Å². The molecular weight excluding hydrogens is 230 g/mol. The molecule has 5 heteroatoms. The third kappa shape index (κ3) is 2.30. The Balaban J connectivity index is 3.19. The van der Waals surface area contributed by atoms with Crippen LogP contribution in [0.15, 0.2) is 12.1 Å². The lowest BCUT2D eigenvalue weighted by Gasteiger charge is -2.02. The summed E-state index contributed by atoms with van der Waals surface area (Å²) in [6.07, 6.45) is 0.0180. The maximum atomic E-state index is 13.2. The van der Waals surface area contributed by atoms with Crippen LogP contribution >= 0.6 is 23.2 Å². The third-order valence-electron chi connectivity index (χ3n) is 1.56. The lowest BCUT2D eigenvalue weighted by molar-refractivity contribution is -0.107. The van der Waals surface area contributed by atoms with Gasteiger partial charge in [-0.05, 0) is 12.1 Å². The number of carbonyl (C=O) groups is 2. The first-order valence-corrected chi connectivity index (χ1v) is 4.43. The van der Waals surface area contributed by atoms with E-state index in [0.717, 1.165) is 6.07 Å². The second kappa shape index (κ2) is 4.53. The van der Waals surface area contributed by atoms with Crippen LogP contribution in [0.25, 0.3) is 0 Å². The van der Waals surface area contributed by atoms with E-state index in [9.17, 15) is 14.0 Å². The number of hydrogen-bond acceptors (Lipinski definition) is 2. The van der Waals surface area contributed by atoms with Crippen molar-refractivity contribution in [1.82, 2.24) is 0 Å². The Morgan fingerprint density at radius 1 is 1.43 bits per heavy atom. The van der Waals surface area contributed by atoms with Gasteiger partial charge in [0.1, 0.15) is 6.29 Å². The molecule has 1 aromatic rings. The summed E-state index contributed by atoms with van der Waals surface area (Å²) in [6.45, 7) is 0. The lowest BCUT2D eigenvalue weighted by Crippen LogP contribution is -2.03. The number of rotatable bonds is 3. The second-order valence-electron chi connectivity index (χ2n) is 2.54. The van der Waals surface area contributed by atoms with Crippen molar-refractivity contribution in [1.29, 1.82) is 0 Å². The number of benzene rings is 1. The number of ketones is 1. The Morgan fingerprint density at radius 3 is 2.64 bits per heavy atom. The van der Waals surface area contributed by atoms with Gasteiger partial charge >= 0.3 is 0 Å². The molecule has 1 rings (SSSR count). The first-order valence-electron chi connectivity index (χ1n) is 3.67. The van der Waals surface area contributed by atoms with E-state index < -0.39 is 11.6 Å². The Hall–Kier alpha value is -0.930. The molecule has 0 aliphatic carbocycles. The Morgan fingerprint density at radius 2 is 2.07 bits per heavy atom. The fourth-order valence-corrected chi connectivity index (χ4v) is 1.44. The molecule has 1 aromatic carbocycles. The summed E-state index contributed by atoms with van der Waals surface area (Å²) in [4.78, 5) is 21.2. The quantitative estimate of drug-likeness (QED) is 0.349. The van der Waals surface area contributed by atoms with Crippen molar-refractivity contribution >= 4 is 35.3 Å².